The van der Waals surface area contributed by atoms with Gasteiger partial charge in [-0.15, -0.1) is 0 Å². The van der Waals surface area contributed by atoms with Gasteiger partial charge in [-0.25, -0.2) is 12.7 Å². The Balaban J connectivity index is 1.76. The van der Waals surface area contributed by atoms with Crippen LogP contribution in [0.4, 0.5) is 5.69 Å². The lowest BCUT2D eigenvalue weighted by Gasteiger charge is -2.33. The van der Waals surface area contributed by atoms with Crippen LogP contribution in [0.2, 0.25) is 0 Å². The number of para-hydroxylation sites is 1. The van der Waals surface area contributed by atoms with E-state index in [1.54, 1.807) is 30.3 Å². The van der Waals surface area contributed by atoms with Gasteiger partial charge >= 0.3 is 5.97 Å². The molecule has 1 N–H and O–H groups in total. The van der Waals surface area contributed by atoms with Crippen LogP contribution >= 0.6 is 0 Å². The summed E-state index contributed by atoms with van der Waals surface area (Å²) in [5, 5.41) is 3.29. The number of anilines is 1. The smallest absolute Gasteiger partial charge is 0.322 e. The molecule has 0 amide bonds. The van der Waals surface area contributed by atoms with Crippen molar-refractivity contribution in [2.24, 2.45) is 0 Å². The summed E-state index contributed by atoms with van der Waals surface area (Å²) in [5.74, 6) is -0.403. The zero-order chi connectivity index (χ0) is 21.6. The lowest BCUT2D eigenvalue weighted by molar-refractivity contribution is -0.142. The normalized spacial score (nSPS) is 24.5. The maximum Gasteiger partial charge on any atom is 0.322 e. The van der Waals surface area contributed by atoms with Crippen molar-refractivity contribution in [3.63, 3.8) is 0 Å². The maximum absolute atomic E-state index is 13.8. The van der Waals surface area contributed by atoms with Crippen LogP contribution in [0, 0.1) is 0 Å². The first-order valence-corrected chi connectivity index (χ1v) is 11.5. The summed E-state index contributed by atoms with van der Waals surface area (Å²) >= 11 is 0. The van der Waals surface area contributed by atoms with Gasteiger partial charge in [-0.3, -0.25) is 10.1 Å². The number of nitrogens with zero attached hydrogens (tertiary/aromatic N) is 1. The summed E-state index contributed by atoms with van der Waals surface area (Å²) in [6, 6.07) is 25.1. The Bertz CT molecular complexity index is 1230. The van der Waals surface area contributed by atoms with E-state index < -0.39 is 33.6 Å². The average molecular weight is 435 g/mol. The number of fused-ring (bicyclic) bond motifs is 3. The van der Waals surface area contributed by atoms with Crippen LogP contribution in [0.1, 0.15) is 17.5 Å². The van der Waals surface area contributed by atoms with Gasteiger partial charge in [-0.1, -0.05) is 66.7 Å². The maximum atomic E-state index is 13.8. The standard InChI is InChI=1S/C24H22N2O4S/c1-30-22(27)20-16-24(17-10-4-2-5-11-17)19-14-8-9-15-21(19)26(23(24)25-20)31(28,29)18-12-6-3-7-13-18/h2-15,20,23,25H,16H2,1H3/t20-,23-,24-/m1/s1. The van der Waals surface area contributed by atoms with Gasteiger partial charge in [0.25, 0.3) is 10.0 Å². The van der Waals surface area contributed by atoms with Crippen molar-refractivity contribution >= 4 is 21.7 Å². The minimum Gasteiger partial charge on any atom is -0.468 e. The summed E-state index contributed by atoms with van der Waals surface area (Å²) in [6.07, 6.45) is -0.270. The topological polar surface area (TPSA) is 75.7 Å². The van der Waals surface area contributed by atoms with Crippen molar-refractivity contribution in [2.45, 2.75) is 28.9 Å². The lowest BCUT2D eigenvalue weighted by atomic mass is 9.72. The van der Waals surface area contributed by atoms with Crippen LogP contribution in [-0.4, -0.2) is 33.7 Å². The Morgan fingerprint density at radius 1 is 0.968 bits per heavy atom. The Labute approximate surface area is 181 Å². The SMILES string of the molecule is COC(=O)[C@H]1C[C@@]2(c3ccccc3)c3ccccc3N(S(=O)(=O)c3ccccc3)[C@H]2N1. The number of sulfonamides is 1. The van der Waals surface area contributed by atoms with Crippen molar-refractivity contribution in [3.05, 3.63) is 96.1 Å². The summed E-state index contributed by atoms with van der Waals surface area (Å²) in [7, 11) is -2.54. The third kappa shape index (κ3) is 2.80. The molecule has 3 atom stereocenters. The minimum atomic E-state index is -3.89. The van der Waals surface area contributed by atoms with E-state index in [1.165, 1.54) is 11.4 Å². The number of benzene rings is 3. The van der Waals surface area contributed by atoms with E-state index in [4.69, 9.17) is 4.74 Å². The molecular weight excluding hydrogens is 412 g/mol. The fraction of sp³-hybridized carbons (Fsp3) is 0.208. The first-order valence-electron chi connectivity index (χ1n) is 10.1. The van der Waals surface area contributed by atoms with E-state index in [9.17, 15) is 13.2 Å². The Morgan fingerprint density at radius 2 is 1.58 bits per heavy atom. The number of nitrogens with one attached hydrogen (secondary N) is 1. The van der Waals surface area contributed by atoms with E-state index in [-0.39, 0.29) is 4.90 Å². The Morgan fingerprint density at radius 3 is 2.26 bits per heavy atom. The molecule has 3 aromatic carbocycles. The van der Waals surface area contributed by atoms with Gasteiger partial charge in [0, 0.05) is 0 Å². The fourth-order valence-electron chi connectivity index (χ4n) is 4.97. The van der Waals surface area contributed by atoms with Crippen LogP contribution in [0.3, 0.4) is 0 Å². The summed E-state index contributed by atoms with van der Waals surface area (Å²) in [5.41, 5.74) is 1.73. The molecule has 0 saturated carbocycles. The molecular formula is C24H22N2O4S. The number of hydrogen-bond acceptors (Lipinski definition) is 5. The minimum absolute atomic E-state index is 0.206. The first kappa shape index (κ1) is 19.8. The van der Waals surface area contributed by atoms with Crippen molar-refractivity contribution in [2.75, 3.05) is 11.4 Å². The van der Waals surface area contributed by atoms with Crippen LogP contribution < -0.4 is 9.62 Å². The second-order valence-electron chi connectivity index (χ2n) is 7.82. The van der Waals surface area contributed by atoms with Gasteiger partial charge in [0.1, 0.15) is 12.2 Å². The first-order chi connectivity index (χ1) is 15.0. The second-order valence-corrected chi connectivity index (χ2v) is 9.63. The van der Waals surface area contributed by atoms with Crippen LogP contribution in [-0.2, 0) is 25.0 Å². The van der Waals surface area contributed by atoms with Crippen molar-refractivity contribution in [1.29, 1.82) is 0 Å². The molecule has 158 valence electrons. The predicted octanol–water partition coefficient (Wildman–Crippen LogP) is 3.04. The molecule has 31 heavy (non-hydrogen) atoms. The highest BCUT2D eigenvalue weighted by Gasteiger charge is 2.61. The monoisotopic (exact) mass is 434 g/mol. The molecule has 0 aliphatic carbocycles. The molecule has 7 heteroatoms. The van der Waals surface area contributed by atoms with Crippen LogP contribution in [0.5, 0.6) is 0 Å². The predicted molar refractivity (Wildman–Crippen MR) is 117 cm³/mol. The third-order valence-electron chi connectivity index (χ3n) is 6.28. The molecule has 1 fully saturated rings. The molecule has 0 unspecified atom stereocenters. The Hall–Kier alpha value is -3.16. The van der Waals surface area contributed by atoms with Gasteiger partial charge in [-0.05, 0) is 35.7 Å². The summed E-state index contributed by atoms with van der Waals surface area (Å²) in [4.78, 5) is 12.7. The van der Waals surface area contributed by atoms with Crippen LogP contribution in [0.25, 0.3) is 0 Å². The number of methoxy groups -OCH3 is 1. The molecule has 1 saturated heterocycles. The summed E-state index contributed by atoms with van der Waals surface area (Å²) in [6.45, 7) is 0. The van der Waals surface area contributed by atoms with E-state index in [0.717, 1.165) is 11.1 Å². The molecule has 0 radical (unpaired) electrons. The van der Waals surface area contributed by atoms with Gasteiger partial charge in [0.15, 0.2) is 0 Å². The quantitative estimate of drug-likeness (QED) is 0.639. The molecule has 0 bridgehead atoms. The molecule has 5 rings (SSSR count). The van der Waals surface area contributed by atoms with Gasteiger partial charge in [-0.2, -0.15) is 0 Å². The van der Waals surface area contributed by atoms with Crippen molar-refractivity contribution < 1.29 is 17.9 Å². The number of esters is 1. The lowest BCUT2D eigenvalue weighted by Crippen LogP contribution is -2.52. The number of rotatable bonds is 4. The number of hydrogen-bond donors (Lipinski definition) is 1. The van der Waals surface area contributed by atoms with Crippen molar-refractivity contribution in [3.8, 4) is 0 Å². The van der Waals surface area contributed by atoms with Gasteiger partial charge < -0.3 is 4.74 Å². The number of carbonyl (C=O) groups excluding carboxylic acids is 1. The van der Waals surface area contributed by atoms with E-state index in [0.29, 0.717) is 12.1 Å². The molecule has 2 aliphatic heterocycles. The van der Waals surface area contributed by atoms with Crippen LogP contribution in [0.15, 0.2) is 89.8 Å². The van der Waals surface area contributed by atoms with E-state index in [2.05, 4.69) is 5.32 Å². The second kappa shape index (κ2) is 7.21. The fourth-order valence-corrected chi connectivity index (χ4v) is 6.63. The molecule has 2 heterocycles. The highest BCUT2D eigenvalue weighted by Crippen LogP contribution is 2.55. The van der Waals surface area contributed by atoms with E-state index in [1.807, 2.05) is 54.6 Å². The van der Waals surface area contributed by atoms with Gasteiger partial charge in [0.2, 0.25) is 0 Å². The van der Waals surface area contributed by atoms with E-state index >= 15 is 0 Å². The largest absolute Gasteiger partial charge is 0.468 e. The Kier molecular flexibility index (Phi) is 4.60. The zero-order valence-electron chi connectivity index (χ0n) is 16.9. The molecule has 6 nitrogen and oxygen atoms in total. The summed E-state index contributed by atoms with van der Waals surface area (Å²) < 4.78 is 34.1. The highest BCUT2D eigenvalue weighted by atomic mass is 32.2. The molecule has 3 aromatic rings. The van der Waals surface area contributed by atoms with Gasteiger partial charge in [0.05, 0.1) is 23.1 Å². The molecule has 2 aliphatic rings. The molecule has 0 aromatic heterocycles. The highest BCUT2D eigenvalue weighted by molar-refractivity contribution is 7.92. The number of ether oxygens (including phenoxy) is 1. The number of carbonyl (C=O) groups is 1. The third-order valence-corrected chi connectivity index (χ3v) is 8.08. The zero-order valence-corrected chi connectivity index (χ0v) is 17.7. The van der Waals surface area contributed by atoms with Crippen molar-refractivity contribution in [1.82, 2.24) is 5.32 Å². The molecule has 0 spiro atoms. The average Bonchev–Trinajstić information content (AvgIpc) is 3.33.